The van der Waals surface area contributed by atoms with Crippen LogP contribution in [0.5, 0.6) is 5.75 Å². The molecule has 0 saturated carbocycles. The summed E-state index contributed by atoms with van der Waals surface area (Å²) >= 11 is 5.32. The van der Waals surface area contributed by atoms with Gasteiger partial charge in [-0.05, 0) is 70.6 Å². The van der Waals surface area contributed by atoms with Crippen molar-refractivity contribution in [3.63, 3.8) is 0 Å². The fourth-order valence-electron chi connectivity index (χ4n) is 4.71. The Kier molecular flexibility index (Phi) is 9.00. The molecule has 9 nitrogen and oxygen atoms in total. The van der Waals surface area contributed by atoms with Gasteiger partial charge in [0.05, 0.1) is 24.4 Å². The molecule has 2 aromatic carbocycles. The predicted octanol–water partition coefficient (Wildman–Crippen LogP) is 4.29. The molecule has 0 saturated heterocycles. The first-order chi connectivity index (χ1) is 19.2. The van der Waals surface area contributed by atoms with E-state index in [1.54, 1.807) is 32.2 Å². The number of ether oxygens (including phenoxy) is 2. The van der Waals surface area contributed by atoms with Gasteiger partial charge in [-0.15, -0.1) is 0 Å². The Morgan fingerprint density at radius 2 is 1.82 bits per heavy atom. The normalized spacial score (nSPS) is 15.0. The molecule has 40 heavy (non-hydrogen) atoms. The average molecular weight is 560 g/mol. The van der Waals surface area contributed by atoms with Crippen LogP contribution in [-0.4, -0.2) is 41.0 Å². The van der Waals surface area contributed by atoms with E-state index < -0.39 is 17.9 Å². The number of hydrogen-bond acceptors (Lipinski definition) is 6. The molecule has 0 aliphatic carbocycles. The van der Waals surface area contributed by atoms with E-state index >= 15 is 0 Å². The van der Waals surface area contributed by atoms with Crippen LogP contribution in [0.3, 0.4) is 0 Å². The number of hydrogen-bond donors (Lipinski definition) is 3. The quantitative estimate of drug-likeness (QED) is 0.155. The molecule has 1 atom stereocenters. The van der Waals surface area contributed by atoms with Gasteiger partial charge < -0.3 is 24.7 Å². The van der Waals surface area contributed by atoms with Gasteiger partial charge in [0.1, 0.15) is 5.75 Å². The first kappa shape index (κ1) is 28.6. The minimum Gasteiger partial charge on any atom is -0.483 e. The number of amides is 1. The average Bonchev–Trinajstić information content (AvgIpc) is 3.20. The Labute approximate surface area is 239 Å². The van der Waals surface area contributed by atoms with E-state index in [0.29, 0.717) is 27.7 Å². The van der Waals surface area contributed by atoms with Crippen molar-refractivity contribution in [2.24, 2.45) is 5.10 Å². The molecule has 0 unspecified atom stereocenters. The highest BCUT2D eigenvalue weighted by Crippen LogP contribution is 2.33. The fourth-order valence-corrected chi connectivity index (χ4v) is 4.98. The van der Waals surface area contributed by atoms with Crippen LogP contribution in [0.15, 0.2) is 71.0 Å². The molecule has 1 aliphatic rings. The maximum atomic E-state index is 12.7. The van der Waals surface area contributed by atoms with Crippen molar-refractivity contribution in [3.05, 3.63) is 93.9 Å². The van der Waals surface area contributed by atoms with Crippen LogP contribution in [0.1, 0.15) is 48.0 Å². The van der Waals surface area contributed by atoms with E-state index in [0.717, 1.165) is 22.6 Å². The van der Waals surface area contributed by atoms with Crippen molar-refractivity contribution < 1.29 is 19.1 Å². The SMILES string of the molecule is CCOC(=O)C1=C(C)NC(=S)N[C@@H]1c1ccccc1OCC(=O)NN=Cc1cc(C)n(-c2ccccc2C)c1C. The van der Waals surface area contributed by atoms with Crippen LogP contribution in [0, 0.1) is 20.8 Å². The van der Waals surface area contributed by atoms with Gasteiger partial charge in [0.2, 0.25) is 0 Å². The van der Waals surface area contributed by atoms with Crippen molar-refractivity contribution >= 4 is 35.4 Å². The standard InChI is InChI=1S/C30H33N5O4S/c1-6-38-29(37)27-20(4)32-30(40)33-28(27)23-12-8-10-14-25(23)39-17-26(36)34-31-16-22-15-19(3)35(21(22)5)24-13-9-7-11-18(24)2/h7-16,28H,6,17H2,1-5H3,(H,34,36)(H2,32,33,40)/t28-/m1/s1. The number of thiocarbonyl (C=S) groups is 1. The summed E-state index contributed by atoms with van der Waals surface area (Å²) in [6.45, 7) is 9.60. The maximum Gasteiger partial charge on any atom is 0.338 e. The number of esters is 1. The highest BCUT2D eigenvalue weighted by atomic mass is 32.1. The lowest BCUT2D eigenvalue weighted by atomic mass is 9.95. The summed E-state index contributed by atoms with van der Waals surface area (Å²) < 4.78 is 13.3. The lowest BCUT2D eigenvalue weighted by Gasteiger charge is -2.30. The topological polar surface area (TPSA) is 106 Å². The molecule has 4 rings (SSSR count). The number of hydrazone groups is 1. The number of para-hydroxylation sites is 2. The number of nitrogens with one attached hydrogen (secondary N) is 3. The van der Waals surface area contributed by atoms with Crippen molar-refractivity contribution in [2.75, 3.05) is 13.2 Å². The van der Waals surface area contributed by atoms with E-state index in [-0.39, 0.29) is 13.2 Å². The van der Waals surface area contributed by atoms with Crippen LogP contribution >= 0.6 is 12.2 Å². The largest absolute Gasteiger partial charge is 0.483 e. The zero-order valence-corrected chi connectivity index (χ0v) is 24.0. The molecule has 208 valence electrons. The zero-order valence-electron chi connectivity index (χ0n) is 23.2. The van der Waals surface area contributed by atoms with E-state index in [9.17, 15) is 9.59 Å². The van der Waals surface area contributed by atoms with Crippen molar-refractivity contribution in [1.29, 1.82) is 0 Å². The maximum absolute atomic E-state index is 12.7. The summed E-state index contributed by atoms with van der Waals surface area (Å²) in [5.74, 6) is -0.457. The second-order valence-corrected chi connectivity index (χ2v) is 9.77. The Bertz CT molecular complexity index is 1510. The molecule has 2 heterocycles. The summed E-state index contributed by atoms with van der Waals surface area (Å²) in [5.41, 5.74) is 9.42. The van der Waals surface area contributed by atoms with Gasteiger partial charge in [0.15, 0.2) is 11.7 Å². The van der Waals surface area contributed by atoms with Crippen LogP contribution in [0.4, 0.5) is 0 Å². The Morgan fingerprint density at radius 1 is 1.10 bits per heavy atom. The van der Waals surface area contributed by atoms with Crippen LogP contribution in [-0.2, 0) is 14.3 Å². The molecule has 0 bridgehead atoms. The third-order valence-corrected chi connectivity index (χ3v) is 6.79. The zero-order chi connectivity index (χ0) is 28.8. The summed E-state index contributed by atoms with van der Waals surface area (Å²) in [4.78, 5) is 25.3. The summed E-state index contributed by atoms with van der Waals surface area (Å²) in [6.07, 6.45) is 1.63. The predicted molar refractivity (Wildman–Crippen MR) is 159 cm³/mol. The Morgan fingerprint density at radius 3 is 2.58 bits per heavy atom. The Balaban J connectivity index is 1.45. The first-order valence-electron chi connectivity index (χ1n) is 12.9. The second kappa shape index (κ2) is 12.6. The molecular formula is C30H33N5O4S. The minimum atomic E-state index is -0.603. The molecule has 0 spiro atoms. The molecule has 0 radical (unpaired) electrons. The number of benzene rings is 2. The Hall–Kier alpha value is -4.44. The number of carbonyl (C=O) groups is 2. The fraction of sp³-hybridized carbons (Fsp3) is 0.267. The number of aryl methyl sites for hydroxylation is 2. The second-order valence-electron chi connectivity index (χ2n) is 9.36. The molecule has 10 heteroatoms. The van der Waals surface area contributed by atoms with Gasteiger partial charge in [0.25, 0.3) is 5.91 Å². The van der Waals surface area contributed by atoms with Crippen LogP contribution in [0.2, 0.25) is 0 Å². The van der Waals surface area contributed by atoms with Gasteiger partial charge in [-0.3, -0.25) is 4.79 Å². The van der Waals surface area contributed by atoms with Gasteiger partial charge in [-0.1, -0.05) is 36.4 Å². The lowest BCUT2D eigenvalue weighted by molar-refractivity contribution is -0.139. The number of aromatic nitrogens is 1. The first-order valence-corrected chi connectivity index (χ1v) is 13.4. The number of allylic oxidation sites excluding steroid dienone is 1. The van der Waals surface area contributed by atoms with E-state index in [2.05, 4.69) is 44.8 Å². The molecule has 1 amide bonds. The van der Waals surface area contributed by atoms with Gasteiger partial charge >= 0.3 is 5.97 Å². The molecular weight excluding hydrogens is 526 g/mol. The number of rotatable bonds is 9. The number of carbonyl (C=O) groups excluding carboxylic acids is 2. The highest BCUT2D eigenvalue weighted by molar-refractivity contribution is 7.80. The molecule has 3 aromatic rings. The van der Waals surface area contributed by atoms with Crippen molar-refractivity contribution in [3.8, 4) is 11.4 Å². The molecule has 0 fully saturated rings. The highest BCUT2D eigenvalue weighted by Gasteiger charge is 2.32. The van der Waals surface area contributed by atoms with E-state index in [4.69, 9.17) is 21.7 Å². The van der Waals surface area contributed by atoms with Crippen LogP contribution < -0.4 is 20.8 Å². The molecule has 1 aromatic heterocycles. The molecule has 1 aliphatic heterocycles. The van der Waals surface area contributed by atoms with Crippen molar-refractivity contribution in [1.82, 2.24) is 20.6 Å². The third kappa shape index (κ3) is 6.23. The van der Waals surface area contributed by atoms with E-state index in [1.165, 1.54) is 5.56 Å². The minimum absolute atomic E-state index is 0.237. The van der Waals surface area contributed by atoms with Crippen LogP contribution in [0.25, 0.3) is 5.69 Å². The molecule has 3 N–H and O–H groups in total. The van der Waals surface area contributed by atoms with E-state index in [1.807, 2.05) is 44.2 Å². The number of nitrogens with zero attached hydrogens (tertiary/aromatic N) is 2. The van der Waals surface area contributed by atoms with Gasteiger partial charge in [-0.25, -0.2) is 10.2 Å². The summed E-state index contributed by atoms with van der Waals surface area (Å²) in [7, 11) is 0. The lowest BCUT2D eigenvalue weighted by Crippen LogP contribution is -2.45. The smallest absolute Gasteiger partial charge is 0.338 e. The summed E-state index contributed by atoms with van der Waals surface area (Å²) in [6, 6.07) is 16.8. The third-order valence-electron chi connectivity index (χ3n) is 6.57. The van der Waals surface area contributed by atoms with Crippen molar-refractivity contribution in [2.45, 2.75) is 40.7 Å². The monoisotopic (exact) mass is 559 g/mol. The summed E-state index contributed by atoms with van der Waals surface area (Å²) in [5, 5.41) is 10.6. The van der Waals surface area contributed by atoms with Gasteiger partial charge in [-0.2, -0.15) is 5.10 Å². The van der Waals surface area contributed by atoms with Gasteiger partial charge in [0, 0.05) is 33.9 Å².